The summed E-state index contributed by atoms with van der Waals surface area (Å²) in [6, 6.07) is 6.67. The Labute approximate surface area is 120 Å². The third-order valence-corrected chi connectivity index (χ3v) is 4.41. The van der Waals surface area contributed by atoms with Crippen LogP contribution in [0.15, 0.2) is 34.2 Å². The van der Waals surface area contributed by atoms with E-state index in [0.717, 1.165) is 36.9 Å². The Morgan fingerprint density at radius 1 is 1.25 bits per heavy atom. The van der Waals surface area contributed by atoms with Crippen LogP contribution in [0.25, 0.3) is 0 Å². The number of halogens is 1. The molecule has 1 aromatic carbocycles. The Bertz CT molecular complexity index is 684. The van der Waals surface area contributed by atoms with Crippen molar-refractivity contribution in [2.45, 2.75) is 36.6 Å². The zero-order valence-electron chi connectivity index (χ0n) is 11.0. The Kier molecular flexibility index (Phi) is 3.87. The highest BCUT2D eigenvalue weighted by molar-refractivity contribution is 7.98. The minimum absolute atomic E-state index is 0.0364. The zero-order chi connectivity index (χ0) is 13.9. The van der Waals surface area contributed by atoms with Crippen molar-refractivity contribution in [2.75, 3.05) is 0 Å². The molecule has 1 aliphatic rings. The van der Waals surface area contributed by atoms with Crippen molar-refractivity contribution in [3.8, 4) is 0 Å². The summed E-state index contributed by atoms with van der Waals surface area (Å²) in [5.41, 5.74) is 2.33. The molecule has 1 aliphatic carbocycles. The van der Waals surface area contributed by atoms with E-state index >= 15 is 0 Å². The Morgan fingerprint density at radius 3 is 2.90 bits per heavy atom. The predicted octanol–water partition coefficient (Wildman–Crippen LogP) is 3.08. The largest absolute Gasteiger partial charge is 0.301 e. The van der Waals surface area contributed by atoms with Crippen molar-refractivity contribution in [3.05, 3.63) is 57.3 Å². The van der Waals surface area contributed by atoms with Gasteiger partial charge in [0.05, 0.1) is 5.69 Å². The van der Waals surface area contributed by atoms with E-state index in [1.165, 1.54) is 17.8 Å². The molecule has 0 atom stereocenters. The fraction of sp³-hybridized carbons (Fsp3) is 0.333. The summed E-state index contributed by atoms with van der Waals surface area (Å²) in [7, 11) is 0. The number of benzene rings is 1. The number of aromatic nitrogens is 2. The van der Waals surface area contributed by atoms with Crippen LogP contribution >= 0.6 is 11.8 Å². The van der Waals surface area contributed by atoms with Crippen LogP contribution in [0.1, 0.15) is 29.7 Å². The number of hydrogen-bond acceptors (Lipinski definition) is 3. The van der Waals surface area contributed by atoms with Gasteiger partial charge in [0.15, 0.2) is 5.16 Å². The molecule has 5 heteroatoms. The van der Waals surface area contributed by atoms with E-state index in [1.54, 1.807) is 12.1 Å². The van der Waals surface area contributed by atoms with Gasteiger partial charge in [-0.2, -0.15) is 0 Å². The number of aryl methyl sites for hydroxylation is 1. The maximum Gasteiger partial charge on any atom is 0.254 e. The fourth-order valence-electron chi connectivity index (χ4n) is 2.41. The molecule has 0 radical (unpaired) electrons. The van der Waals surface area contributed by atoms with Crippen LogP contribution in [0.3, 0.4) is 0 Å². The smallest absolute Gasteiger partial charge is 0.254 e. The molecule has 3 rings (SSSR count). The number of thioether (sulfide) groups is 1. The van der Waals surface area contributed by atoms with Crippen LogP contribution in [-0.4, -0.2) is 9.97 Å². The van der Waals surface area contributed by atoms with Crippen LogP contribution in [0.2, 0.25) is 0 Å². The van der Waals surface area contributed by atoms with Crippen molar-refractivity contribution in [3.63, 3.8) is 0 Å². The van der Waals surface area contributed by atoms with Gasteiger partial charge in [0, 0.05) is 11.3 Å². The van der Waals surface area contributed by atoms with Gasteiger partial charge in [0.25, 0.3) is 5.56 Å². The van der Waals surface area contributed by atoms with Gasteiger partial charge in [-0.05, 0) is 37.3 Å². The maximum atomic E-state index is 13.5. The normalized spacial score (nSPS) is 14.1. The number of fused-ring (bicyclic) bond motifs is 1. The summed E-state index contributed by atoms with van der Waals surface area (Å²) in [4.78, 5) is 19.3. The summed E-state index contributed by atoms with van der Waals surface area (Å²) in [5, 5.41) is 0.582. The molecule has 104 valence electrons. The number of rotatable bonds is 3. The first-order valence-electron chi connectivity index (χ1n) is 6.72. The standard InChI is InChI=1S/C15H15FN2OS/c16-12-7-3-1-5-10(12)9-20-15-17-13-8-4-2-6-11(13)14(19)18-15/h1,3,5,7H,2,4,6,8-9H2,(H,17,18,19). The van der Waals surface area contributed by atoms with Crippen molar-refractivity contribution in [1.29, 1.82) is 0 Å². The second kappa shape index (κ2) is 5.79. The molecule has 0 bridgehead atoms. The summed E-state index contributed by atoms with van der Waals surface area (Å²) >= 11 is 1.37. The molecule has 0 amide bonds. The van der Waals surface area contributed by atoms with Gasteiger partial charge in [0.1, 0.15) is 5.82 Å². The van der Waals surface area contributed by atoms with Crippen molar-refractivity contribution in [1.82, 2.24) is 9.97 Å². The summed E-state index contributed by atoms with van der Waals surface area (Å²) in [5.74, 6) is 0.245. The molecule has 0 fully saturated rings. The molecule has 1 heterocycles. The van der Waals surface area contributed by atoms with Gasteiger partial charge in [-0.1, -0.05) is 30.0 Å². The topological polar surface area (TPSA) is 45.8 Å². The molecule has 0 saturated heterocycles. The lowest BCUT2D eigenvalue weighted by Gasteiger charge is -2.14. The molecule has 1 N–H and O–H groups in total. The van der Waals surface area contributed by atoms with Crippen molar-refractivity contribution in [2.24, 2.45) is 0 Å². The SMILES string of the molecule is O=c1[nH]c(SCc2ccccc2F)nc2c1CCCC2. The Morgan fingerprint density at radius 2 is 2.05 bits per heavy atom. The molecular formula is C15H15FN2OS. The van der Waals surface area contributed by atoms with E-state index in [0.29, 0.717) is 16.5 Å². The monoisotopic (exact) mass is 290 g/mol. The Hall–Kier alpha value is -1.62. The molecule has 0 aliphatic heterocycles. The third kappa shape index (κ3) is 2.77. The Balaban J connectivity index is 1.80. The van der Waals surface area contributed by atoms with E-state index in [1.807, 2.05) is 6.07 Å². The van der Waals surface area contributed by atoms with Crippen LogP contribution in [0, 0.1) is 5.82 Å². The second-order valence-corrected chi connectivity index (χ2v) is 5.85. The van der Waals surface area contributed by atoms with Gasteiger partial charge >= 0.3 is 0 Å². The molecule has 2 aromatic rings. The highest BCUT2D eigenvalue weighted by Crippen LogP contribution is 2.23. The van der Waals surface area contributed by atoms with Crippen LogP contribution in [0.4, 0.5) is 4.39 Å². The van der Waals surface area contributed by atoms with Crippen LogP contribution < -0.4 is 5.56 Å². The zero-order valence-corrected chi connectivity index (χ0v) is 11.8. The first-order valence-corrected chi connectivity index (χ1v) is 7.71. The van der Waals surface area contributed by atoms with Gasteiger partial charge < -0.3 is 4.98 Å². The van der Waals surface area contributed by atoms with E-state index in [2.05, 4.69) is 9.97 Å². The summed E-state index contributed by atoms with van der Waals surface area (Å²) in [6.45, 7) is 0. The van der Waals surface area contributed by atoms with E-state index in [-0.39, 0.29) is 11.4 Å². The van der Waals surface area contributed by atoms with Gasteiger partial charge in [-0.3, -0.25) is 4.79 Å². The lowest BCUT2D eigenvalue weighted by Crippen LogP contribution is -2.21. The van der Waals surface area contributed by atoms with Crippen molar-refractivity contribution < 1.29 is 4.39 Å². The second-order valence-electron chi connectivity index (χ2n) is 4.88. The average Bonchev–Trinajstić information content (AvgIpc) is 2.46. The highest BCUT2D eigenvalue weighted by Gasteiger charge is 2.15. The average molecular weight is 290 g/mol. The molecule has 0 spiro atoms. The number of nitrogens with one attached hydrogen (secondary N) is 1. The predicted molar refractivity (Wildman–Crippen MR) is 77.5 cm³/mol. The van der Waals surface area contributed by atoms with E-state index in [4.69, 9.17) is 0 Å². The first kappa shape index (κ1) is 13.4. The van der Waals surface area contributed by atoms with Gasteiger partial charge in [-0.25, -0.2) is 9.37 Å². The number of H-pyrrole nitrogens is 1. The molecule has 0 unspecified atom stereocenters. The number of hydrogen-bond donors (Lipinski definition) is 1. The lowest BCUT2D eigenvalue weighted by molar-refractivity contribution is 0.617. The quantitative estimate of drug-likeness (QED) is 0.698. The van der Waals surface area contributed by atoms with E-state index in [9.17, 15) is 9.18 Å². The minimum atomic E-state index is -0.222. The third-order valence-electron chi connectivity index (χ3n) is 3.49. The lowest BCUT2D eigenvalue weighted by atomic mass is 9.97. The summed E-state index contributed by atoms with van der Waals surface area (Å²) < 4.78 is 13.5. The first-order chi connectivity index (χ1) is 9.74. The van der Waals surface area contributed by atoms with Gasteiger partial charge in [-0.15, -0.1) is 0 Å². The number of nitrogens with zero attached hydrogens (tertiary/aromatic N) is 1. The van der Waals surface area contributed by atoms with Crippen molar-refractivity contribution >= 4 is 11.8 Å². The number of aromatic amines is 1. The van der Waals surface area contributed by atoms with E-state index < -0.39 is 0 Å². The van der Waals surface area contributed by atoms with Crippen LogP contribution in [-0.2, 0) is 18.6 Å². The molecular weight excluding hydrogens is 275 g/mol. The molecule has 0 saturated carbocycles. The molecule has 3 nitrogen and oxygen atoms in total. The summed E-state index contributed by atoms with van der Waals surface area (Å²) in [6.07, 6.45) is 3.82. The highest BCUT2D eigenvalue weighted by atomic mass is 32.2. The molecule has 20 heavy (non-hydrogen) atoms. The minimum Gasteiger partial charge on any atom is -0.301 e. The van der Waals surface area contributed by atoms with Gasteiger partial charge in [0.2, 0.25) is 0 Å². The molecule has 1 aromatic heterocycles. The fourth-order valence-corrected chi connectivity index (χ4v) is 3.28. The maximum absolute atomic E-state index is 13.5. The van der Waals surface area contributed by atoms with Crippen LogP contribution in [0.5, 0.6) is 0 Å².